The van der Waals surface area contributed by atoms with Crippen LogP contribution in [0.3, 0.4) is 0 Å². The van der Waals surface area contributed by atoms with Gasteiger partial charge in [0.25, 0.3) is 0 Å². The molecular formula is C15H16N2O2. The Morgan fingerprint density at radius 1 is 1.32 bits per heavy atom. The van der Waals surface area contributed by atoms with E-state index in [1.54, 1.807) is 6.20 Å². The lowest BCUT2D eigenvalue weighted by Gasteiger charge is -2.30. The molecule has 0 spiro atoms. The van der Waals surface area contributed by atoms with E-state index >= 15 is 0 Å². The Morgan fingerprint density at radius 3 is 2.84 bits per heavy atom. The minimum Gasteiger partial charge on any atom is -0.470 e. The number of fused-ring (bicyclic) bond motifs is 3. The van der Waals surface area contributed by atoms with Crippen LogP contribution in [0.5, 0.6) is 5.88 Å². The molecule has 0 saturated heterocycles. The van der Waals surface area contributed by atoms with Crippen molar-refractivity contribution in [3.05, 3.63) is 46.0 Å². The van der Waals surface area contributed by atoms with E-state index in [1.807, 2.05) is 0 Å². The SMILES string of the molecule is Cc1ccc2c(c1)C(C(C)C)Oc1[nH]c(=O)ncc1-2. The Balaban J connectivity index is 2.27. The highest BCUT2D eigenvalue weighted by atomic mass is 16.5. The first-order valence-electron chi connectivity index (χ1n) is 6.43. The first-order chi connectivity index (χ1) is 9.06. The van der Waals surface area contributed by atoms with Gasteiger partial charge in [0.1, 0.15) is 6.10 Å². The van der Waals surface area contributed by atoms with Crippen LogP contribution in [0.1, 0.15) is 31.1 Å². The van der Waals surface area contributed by atoms with E-state index < -0.39 is 0 Å². The third-order valence-electron chi connectivity index (χ3n) is 3.43. The minimum absolute atomic E-state index is 0.0413. The molecule has 1 aromatic carbocycles. The second-order valence-electron chi connectivity index (χ2n) is 5.30. The van der Waals surface area contributed by atoms with Crippen LogP contribution >= 0.6 is 0 Å². The molecule has 0 fully saturated rings. The van der Waals surface area contributed by atoms with Crippen molar-refractivity contribution >= 4 is 0 Å². The molecule has 1 unspecified atom stereocenters. The zero-order chi connectivity index (χ0) is 13.6. The summed E-state index contributed by atoms with van der Waals surface area (Å²) in [4.78, 5) is 17.8. The van der Waals surface area contributed by atoms with Gasteiger partial charge in [0.2, 0.25) is 5.88 Å². The first kappa shape index (κ1) is 12.0. The number of nitrogens with zero attached hydrogens (tertiary/aromatic N) is 1. The zero-order valence-electron chi connectivity index (χ0n) is 11.2. The molecule has 3 rings (SSSR count). The molecule has 98 valence electrons. The van der Waals surface area contributed by atoms with E-state index in [0.717, 1.165) is 16.7 Å². The maximum Gasteiger partial charge on any atom is 0.347 e. The molecule has 1 aromatic heterocycles. The summed E-state index contributed by atoms with van der Waals surface area (Å²) >= 11 is 0. The minimum atomic E-state index is -0.378. The molecule has 1 N–H and O–H groups in total. The highest BCUT2D eigenvalue weighted by molar-refractivity contribution is 5.73. The third-order valence-corrected chi connectivity index (χ3v) is 3.43. The lowest BCUT2D eigenvalue weighted by atomic mass is 9.88. The van der Waals surface area contributed by atoms with Gasteiger partial charge in [-0.15, -0.1) is 0 Å². The lowest BCUT2D eigenvalue weighted by molar-refractivity contribution is 0.143. The highest BCUT2D eigenvalue weighted by Crippen LogP contribution is 2.43. The quantitative estimate of drug-likeness (QED) is 0.853. The molecule has 0 saturated carbocycles. The number of H-pyrrole nitrogens is 1. The molecule has 4 heteroatoms. The summed E-state index contributed by atoms with van der Waals surface area (Å²) in [5.41, 5.74) is 3.93. The lowest BCUT2D eigenvalue weighted by Crippen LogP contribution is -2.23. The summed E-state index contributed by atoms with van der Waals surface area (Å²) in [5.74, 6) is 0.848. The Labute approximate surface area is 111 Å². The van der Waals surface area contributed by atoms with E-state index in [4.69, 9.17) is 4.74 Å². The third kappa shape index (κ3) is 1.93. The molecule has 0 amide bonds. The summed E-state index contributed by atoms with van der Waals surface area (Å²) in [7, 11) is 0. The van der Waals surface area contributed by atoms with Gasteiger partial charge in [-0.1, -0.05) is 37.6 Å². The number of aromatic amines is 1. The van der Waals surface area contributed by atoms with Gasteiger partial charge in [0.05, 0.1) is 5.56 Å². The van der Waals surface area contributed by atoms with Crippen molar-refractivity contribution in [2.75, 3.05) is 0 Å². The predicted octanol–water partition coefficient (Wildman–Crippen LogP) is 2.83. The van der Waals surface area contributed by atoms with Crippen LogP contribution in [-0.4, -0.2) is 9.97 Å². The van der Waals surface area contributed by atoms with E-state index in [9.17, 15) is 4.79 Å². The highest BCUT2D eigenvalue weighted by Gasteiger charge is 2.29. The summed E-state index contributed by atoms with van der Waals surface area (Å²) in [6.07, 6.45) is 1.54. The number of rotatable bonds is 1. The molecular weight excluding hydrogens is 240 g/mol. The zero-order valence-corrected chi connectivity index (χ0v) is 11.2. The van der Waals surface area contributed by atoms with Crippen LogP contribution in [0.4, 0.5) is 0 Å². The fraction of sp³-hybridized carbons (Fsp3) is 0.333. The molecule has 0 aliphatic carbocycles. The van der Waals surface area contributed by atoms with E-state index in [1.165, 1.54) is 5.56 Å². The summed E-state index contributed by atoms with van der Waals surface area (Å²) in [5, 5.41) is 0. The Morgan fingerprint density at radius 2 is 2.11 bits per heavy atom. The molecule has 19 heavy (non-hydrogen) atoms. The van der Waals surface area contributed by atoms with Crippen LogP contribution in [0.15, 0.2) is 29.2 Å². The van der Waals surface area contributed by atoms with Crippen molar-refractivity contribution in [3.8, 4) is 17.0 Å². The van der Waals surface area contributed by atoms with Crippen LogP contribution < -0.4 is 10.4 Å². The molecule has 0 radical (unpaired) electrons. The normalized spacial score (nSPS) is 16.7. The monoisotopic (exact) mass is 256 g/mol. The Bertz CT molecular complexity index is 689. The van der Waals surface area contributed by atoms with Gasteiger partial charge in [0.15, 0.2) is 0 Å². The maximum atomic E-state index is 11.3. The number of benzene rings is 1. The van der Waals surface area contributed by atoms with Crippen LogP contribution in [0.2, 0.25) is 0 Å². The van der Waals surface area contributed by atoms with Crippen LogP contribution in [0, 0.1) is 12.8 Å². The van der Waals surface area contributed by atoms with Crippen molar-refractivity contribution in [2.24, 2.45) is 5.92 Å². The fourth-order valence-corrected chi connectivity index (χ4v) is 2.51. The van der Waals surface area contributed by atoms with E-state index in [-0.39, 0.29) is 11.8 Å². The van der Waals surface area contributed by atoms with Gasteiger partial charge in [-0.25, -0.2) is 9.78 Å². The number of hydrogen-bond acceptors (Lipinski definition) is 3. The first-order valence-corrected chi connectivity index (χ1v) is 6.43. The van der Waals surface area contributed by atoms with E-state index in [2.05, 4.69) is 48.9 Å². The van der Waals surface area contributed by atoms with Gasteiger partial charge in [-0.05, 0) is 18.4 Å². The molecule has 1 atom stereocenters. The van der Waals surface area contributed by atoms with Gasteiger partial charge in [-0.3, -0.25) is 4.98 Å². The second-order valence-corrected chi connectivity index (χ2v) is 5.30. The van der Waals surface area contributed by atoms with E-state index in [0.29, 0.717) is 11.8 Å². The van der Waals surface area contributed by atoms with Gasteiger partial charge >= 0.3 is 5.69 Å². The van der Waals surface area contributed by atoms with Crippen LogP contribution in [0.25, 0.3) is 11.1 Å². The number of ether oxygens (including phenoxy) is 1. The number of hydrogen-bond donors (Lipinski definition) is 1. The van der Waals surface area contributed by atoms with Crippen molar-refractivity contribution in [2.45, 2.75) is 26.9 Å². The molecule has 2 aromatic rings. The maximum absolute atomic E-state index is 11.3. The van der Waals surface area contributed by atoms with Gasteiger partial charge in [0, 0.05) is 11.8 Å². The number of nitrogens with one attached hydrogen (secondary N) is 1. The van der Waals surface area contributed by atoms with Crippen molar-refractivity contribution in [1.82, 2.24) is 9.97 Å². The largest absolute Gasteiger partial charge is 0.470 e. The fourth-order valence-electron chi connectivity index (χ4n) is 2.51. The Kier molecular flexibility index (Phi) is 2.66. The summed E-state index contributed by atoms with van der Waals surface area (Å²) < 4.78 is 5.96. The number of aromatic nitrogens is 2. The summed E-state index contributed by atoms with van der Waals surface area (Å²) in [6, 6.07) is 6.28. The number of aryl methyl sites for hydroxylation is 1. The van der Waals surface area contributed by atoms with Crippen LogP contribution in [-0.2, 0) is 0 Å². The predicted molar refractivity (Wildman–Crippen MR) is 73.2 cm³/mol. The van der Waals surface area contributed by atoms with Crippen molar-refractivity contribution < 1.29 is 4.74 Å². The smallest absolute Gasteiger partial charge is 0.347 e. The standard InChI is InChI=1S/C15H16N2O2/c1-8(2)13-11-6-9(3)4-5-10(11)12-7-16-15(18)17-14(12)19-13/h4-8,13H,1-3H3,(H,16,17,18). The average Bonchev–Trinajstić information content (AvgIpc) is 2.37. The second kappa shape index (κ2) is 4.23. The van der Waals surface area contributed by atoms with Gasteiger partial charge in [-0.2, -0.15) is 0 Å². The van der Waals surface area contributed by atoms with Crippen molar-refractivity contribution in [1.29, 1.82) is 0 Å². The molecule has 0 bridgehead atoms. The topological polar surface area (TPSA) is 55.0 Å². The molecule has 1 aliphatic rings. The Hall–Kier alpha value is -2.10. The summed E-state index contributed by atoms with van der Waals surface area (Å²) in [6.45, 7) is 6.29. The van der Waals surface area contributed by atoms with Crippen molar-refractivity contribution in [3.63, 3.8) is 0 Å². The van der Waals surface area contributed by atoms with Gasteiger partial charge < -0.3 is 4.74 Å². The average molecular weight is 256 g/mol. The molecule has 2 heterocycles. The molecule has 1 aliphatic heterocycles. The molecule has 4 nitrogen and oxygen atoms in total.